The molecule has 2 saturated heterocycles. The molecule has 2 heterocycles. The van der Waals surface area contributed by atoms with Gasteiger partial charge in [0.25, 0.3) is 0 Å². The normalized spacial score (nSPS) is 44.6. The summed E-state index contributed by atoms with van der Waals surface area (Å²) in [5.41, 5.74) is 5.22. The molecule has 4 atom stereocenters. The molecule has 0 aromatic rings. The van der Waals surface area contributed by atoms with Crippen molar-refractivity contribution in [3.8, 4) is 0 Å². The van der Waals surface area contributed by atoms with Gasteiger partial charge in [0.05, 0.1) is 17.8 Å². The van der Waals surface area contributed by atoms with Gasteiger partial charge in [-0.2, -0.15) is 0 Å². The first-order chi connectivity index (χ1) is 8.07. The molecule has 0 aromatic heterocycles. The quantitative estimate of drug-likeness (QED) is 0.787. The topological polar surface area (TPSA) is 55.5 Å². The third-order valence-corrected chi connectivity index (χ3v) is 5.66. The fraction of sp³-hybridized carbons (Fsp3) is 1.00. The fourth-order valence-electron chi connectivity index (χ4n) is 4.26. The van der Waals surface area contributed by atoms with Crippen LogP contribution in [0.25, 0.3) is 0 Å². The Morgan fingerprint density at radius 2 is 2.12 bits per heavy atom. The average molecular weight is 239 g/mol. The van der Waals surface area contributed by atoms with Gasteiger partial charge in [-0.1, -0.05) is 19.3 Å². The van der Waals surface area contributed by atoms with Crippen molar-refractivity contribution in [2.45, 2.75) is 69.7 Å². The lowest BCUT2D eigenvalue weighted by molar-refractivity contribution is -0.116. The van der Waals surface area contributed by atoms with Crippen molar-refractivity contribution >= 4 is 0 Å². The first-order valence-electron chi connectivity index (χ1n) is 7.15. The maximum atomic E-state index is 11.0. The maximum Gasteiger partial charge on any atom is 0.0716 e. The molecule has 3 nitrogen and oxygen atoms in total. The van der Waals surface area contributed by atoms with Crippen LogP contribution in [0.3, 0.4) is 0 Å². The molecule has 4 unspecified atom stereocenters. The van der Waals surface area contributed by atoms with Crippen LogP contribution in [0.5, 0.6) is 0 Å². The van der Waals surface area contributed by atoms with Crippen molar-refractivity contribution in [1.29, 1.82) is 0 Å². The third kappa shape index (κ3) is 1.66. The molecule has 0 radical (unpaired) electrons. The minimum absolute atomic E-state index is 0.175. The molecule has 17 heavy (non-hydrogen) atoms. The minimum atomic E-state index is -0.646. The smallest absolute Gasteiger partial charge is 0.0716 e. The number of hydrogen-bond donors (Lipinski definition) is 2. The Kier molecular flexibility index (Phi) is 2.77. The Labute approximate surface area is 104 Å². The van der Waals surface area contributed by atoms with E-state index in [1.807, 2.05) is 6.92 Å². The highest BCUT2D eigenvalue weighted by molar-refractivity contribution is 5.10. The SMILES string of the molecule is CC(O)(CC1CCC1)C1(CN)CC2CCC1O2. The van der Waals surface area contributed by atoms with Crippen LogP contribution in [0.2, 0.25) is 0 Å². The Hall–Kier alpha value is -0.120. The lowest BCUT2D eigenvalue weighted by Gasteiger charge is -2.48. The van der Waals surface area contributed by atoms with E-state index in [0.717, 1.165) is 25.7 Å². The molecule has 2 aliphatic heterocycles. The zero-order chi connectivity index (χ0) is 12.1. The van der Waals surface area contributed by atoms with Gasteiger partial charge in [0, 0.05) is 12.0 Å². The van der Waals surface area contributed by atoms with Crippen molar-refractivity contribution in [1.82, 2.24) is 0 Å². The molecule has 1 saturated carbocycles. The fourth-order valence-corrected chi connectivity index (χ4v) is 4.26. The van der Waals surface area contributed by atoms with Crippen molar-refractivity contribution in [2.75, 3.05) is 6.54 Å². The van der Waals surface area contributed by atoms with Gasteiger partial charge in [0.2, 0.25) is 0 Å². The zero-order valence-corrected chi connectivity index (χ0v) is 10.8. The van der Waals surface area contributed by atoms with E-state index in [1.54, 1.807) is 0 Å². The molecule has 2 bridgehead atoms. The summed E-state index contributed by atoms with van der Waals surface area (Å²) in [6.45, 7) is 2.57. The van der Waals surface area contributed by atoms with Crippen LogP contribution in [0.15, 0.2) is 0 Å². The van der Waals surface area contributed by atoms with Crippen LogP contribution in [0, 0.1) is 11.3 Å². The number of aliphatic hydroxyl groups is 1. The van der Waals surface area contributed by atoms with Crippen LogP contribution in [-0.4, -0.2) is 29.5 Å². The predicted molar refractivity (Wildman–Crippen MR) is 66.6 cm³/mol. The number of nitrogens with two attached hydrogens (primary N) is 1. The third-order valence-electron chi connectivity index (χ3n) is 5.66. The molecule has 98 valence electrons. The van der Waals surface area contributed by atoms with Crippen LogP contribution in [-0.2, 0) is 4.74 Å². The molecule has 3 rings (SSSR count). The summed E-state index contributed by atoms with van der Waals surface area (Å²) < 4.78 is 5.96. The largest absolute Gasteiger partial charge is 0.389 e. The summed E-state index contributed by atoms with van der Waals surface area (Å²) >= 11 is 0. The first-order valence-corrected chi connectivity index (χ1v) is 7.15. The average Bonchev–Trinajstić information content (AvgIpc) is 2.83. The van der Waals surface area contributed by atoms with E-state index in [4.69, 9.17) is 10.5 Å². The van der Waals surface area contributed by atoms with Gasteiger partial charge in [-0.05, 0) is 38.5 Å². The minimum Gasteiger partial charge on any atom is -0.389 e. The summed E-state index contributed by atoms with van der Waals surface area (Å²) in [6, 6.07) is 0. The van der Waals surface area contributed by atoms with Gasteiger partial charge >= 0.3 is 0 Å². The Morgan fingerprint density at radius 3 is 2.53 bits per heavy atom. The van der Waals surface area contributed by atoms with E-state index >= 15 is 0 Å². The summed E-state index contributed by atoms with van der Waals surface area (Å²) in [5.74, 6) is 0.715. The lowest BCUT2D eigenvalue weighted by Crippen LogP contribution is -2.57. The molecule has 0 aromatic carbocycles. The van der Waals surface area contributed by atoms with Crippen molar-refractivity contribution in [2.24, 2.45) is 17.1 Å². The molecule has 0 spiro atoms. The Balaban J connectivity index is 1.78. The highest BCUT2D eigenvalue weighted by Crippen LogP contribution is 2.55. The second-order valence-electron chi connectivity index (χ2n) is 6.66. The summed E-state index contributed by atoms with van der Waals surface area (Å²) in [4.78, 5) is 0. The Bertz CT molecular complexity index is 301. The molecular formula is C14H25NO2. The Morgan fingerprint density at radius 1 is 1.35 bits per heavy atom. The standard InChI is InChI=1S/C14H25NO2/c1-13(16,7-10-3-2-4-10)14(9-15)8-11-5-6-12(14)17-11/h10-12,16H,2-9,15H2,1H3. The monoisotopic (exact) mass is 239 g/mol. The lowest BCUT2D eigenvalue weighted by atomic mass is 9.60. The van der Waals surface area contributed by atoms with E-state index in [-0.39, 0.29) is 11.5 Å². The summed E-state index contributed by atoms with van der Waals surface area (Å²) in [7, 11) is 0. The van der Waals surface area contributed by atoms with Crippen LogP contribution >= 0.6 is 0 Å². The second-order valence-corrected chi connectivity index (χ2v) is 6.66. The molecule has 1 aliphatic carbocycles. The van der Waals surface area contributed by atoms with Crippen molar-refractivity contribution < 1.29 is 9.84 Å². The van der Waals surface area contributed by atoms with Gasteiger partial charge in [0.1, 0.15) is 0 Å². The highest BCUT2D eigenvalue weighted by atomic mass is 16.5. The number of rotatable bonds is 4. The molecule has 3 heteroatoms. The summed E-state index contributed by atoms with van der Waals surface area (Å²) in [5, 5.41) is 11.0. The maximum absolute atomic E-state index is 11.0. The number of fused-ring (bicyclic) bond motifs is 2. The first kappa shape index (κ1) is 11.9. The van der Waals surface area contributed by atoms with E-state index in [2.05, 4.69) is 0 Å². The predicted octanol–water partition coefficient (Wildman–Crippen LogP) is 1.82. The van der Waals surface area contributed by atoms with Gasteiger partial charge in [-0.3, -0.25) is 0 Å². The van der Waals surface area contributed by atoms with Crippen molar-refractivity contribution in [3.05, 3.63) is 0 Å². The van der Waals surface area contributed by atoms with E-state index in [0.29, 0.717) is 18.6 Å². The van der Waals surface area contributed by atoms with E-state index in [9.17, 15) is 5.11 Å². The number of hydrogen-bond acceptors (Lipinski definition) is 3. The van der Waals surface area contributed by atoms with Crippen LogP contribution in [0.4, 0.5) is 0 Å². The zero-order valence-electron chi connectivity index (χ0n) is 10.8. The van der Waals surface area contributed by atoms with Gasteiger partial charge in [0.15, 0.2) is 0 Å². The van der Waals surface area contributed by atoms with Crippen molar-refractivity contribution in [3.63, 3.8) is 0 Å². The number of ether oxygens (including phenoxy) is 1. The van der Waals surface area contributed by atoms with Gasteiger partial charge in [-0.25, -0.2) is 0 Å². The molecule has 3 fully saturated rings. The molecule has 3 N–H and O–H groups in total. The van der Waals surface area contributed by atoms with Crippen LogP contribution in [0.1, 0.15) is 51.9 Å². The highest BCUT2D eigenvalue weighted by Gasteiger charge is 2.60. The second kappa shape index (κ2) is 3.94. The molecule has 0 amide bonds. The van der Waals surface area contributed by atoms with E-state index in [1.165, 1.54) is 19.3 Å². The van der Waals surface area contributed by atoms with Gasteiger partial charge in [-0.15, -0.1) is 0 Å². The summed E-state index contributed by atoms with van der Waals surface area (Å²) in [6.07, 6.45) is 8.58. The van der Waals surface area contributed by atoms with E-state index < -0.39 is 5.60 Å². The van der Waals surface area contributed by atoms with Gasteiger partial charge < -0.3 is 15.6 Å². The molecular weight excluding hydrogens is 214 g/mol. The molecule has 3 aliphatic rings. The van der Waals surface area contributed by atoms with Crippen LogP contribution < -0.4 is 5.73 Å².